The minimum atomic E-state index is 0.793. The summed E-state index contributed by atoms with van der Waals surface area (Å²) in [6, 6.07) is 0. The predicted molar refractivity (Wildman–Crippen MR) is 52.4 cm³/mol. The van der Waals surface area contributed by atoms with E-state index in [-0.39, 0.29) is 0 Å². The quantitative estimate of drug-likeness (QED) is 0.708. The molecule has 3 heteroatoms. The highest BCUT2D eigenvalue weighted by atomic mass is 16.7. The van der Waals surface area contributed by atoms with Gasteiger partial charge in [-0.3, -0.25) is 4.84 Å². The van der Waals surface area contributed by atoms with Gasteiger partial charge in [0.1, 0.15) is 0 Å². The summed E-state index contributed by atoms with van der Waals surface area (Å²) in [6.45, 7) is 5.58. The van der Waals surface area contributed by atoms with Gasteiger partial charge in [-0.15, -0.1) is 0 Å². The molecule has 0 radical (unpaired) electrons. The van der Waals surface area contributed by atoms with E-state index in [1.165, 1.54) is 38.8 Å². The monoisotopic (exact) mass is 184 g/mol. The highest BCUT2D eigenvalue weighted by Gasteiger charge is 2.17. The van der Waals surface area contributed by atoms with Crippen LogP contribution in [-0.4, -0.2) is 37.8 Å². The zero-order valence-electron chi connectivity index (χ0n) is 8.30. The van der Waals surface area contributed by atoms with Gasteiger partial charge in [-0.1, -0.05) is 0 Å². The Kier molecular flexibility index (Phi) is 3.58. The molecule has 0 atom stereocenters. The first-order valence-corrected chi connectivity index (χ1v) is 5.54. The maximum Gasteiger partial charge on any atom is 0.0714 e. The summed E-state index contributed by atoms with van der Waals surface area (Å²) in [5.74, 6) is 0.793. The van der Waals surface area contributed by atoms with Gasteiger partial charge in [0.05, 0.1) is 6.61 Å². The Hall–Kier alpha value is -0.120. The molecule has 2 aliphatic rings. The van der Waals surface area contributed by atoms with E-state index in [0.717, 1.165) is 25.6 Å². The van der Waals surface area contributed by atoms with Crippen LogP contribution in [0.25, 0.3) is 0 Å². The Morgan fingerprint density at radius 1 is 1.15 bits per heavy atom. The lowest BCUT2D eigenvalue weighted by Gasteiger charge is -2.24. The number of nitrogens with zero attached hydrogens (tertiary/aromatic N) is 1. The Labute approximate surface area is 80.4 Å². The van der Waals surface area contributed by atoms with Crippen LogP contribution in [0.4, 0.5) is 0 Å². The molecule has 0 aromatic carbocycles. The lowest BCUT2D eigenvalue weighted by atomic mass is 10.00. The fraction of sp³-hybridized carbons (Fsp3) is 1.00. The van der Waals surface area contributed by atoms with E-state index in [2.05, 4.69) is 10.4 Å². The molecule has 2 saturated heterocycles. The highest BCUT2D eigenvalue weighted by Crippen LogP contribution is 2.14. The summed E-state index contributed by atoms with van der Waals surface area (Å²) in [5, 5.41) is 5.51. The van der Waals surface area contributed by atoms with Crippen LogP contribution >= 0.6 is 0 Å². The Morgan fingerprint density at radius 2 is 1.85 bits per heavy atom. The third-order valence-electron chi connectivity index (χ3n) is 3.02. The van der Waals surface area contributed by atoms with Crippen molar-refractivity contribution in [2.75, 3.05) is 32.8 Å². The first-order chi connectivity index (χ1) is 6.45. The molecule has 0 spiro atoms. The molecule has 0 aliphatic carbocycles. The van der Waals surface area contributed by atoms with Crippen molar-refractivity contribution in [3.05, 3.63) is 0 Å². The fourth-order valence-corrected chi connectivity index (χ4v) is 2.08. The van der Waals surface area contributed by atoms with Crippen molar-refractivity contribution in [3.63, 3.8) is 0 Å². The minimum absolute atomic E-state index is 0.793. The summed E-state index contributed by atoms with van der Waals surface area (Å²) in [7, 11) is 0. The van der Waals surface area contributed by atoms with Crippen molar-refractivity contribution < 1.29 is 4.84 Å². The van der Waals surface area contributed by atoms with Gasteiger partial charge in [-0.2, -0.15) is 5.06 Å². The van der Waals surface area contributed by atoms with E-state index in [4.69, 9.17) is 4.84 Å². The summed E-state index contributed by atoms with van der Waals surface area (Å²) < 4.78 is 0. The van der Waals surface area contributed by atoms with Crippen molar-refractivity contribution in [1.82, 2.24) is 10.4 Å². The van der Waals surface area contributed by atoms with Gasteiger partial charge < -0.3 is 5.32 Å². The molecule has 2 rings (SSSR count). The lowest BCUT2D eigenvalue weighted by molar-refractivity contribution is -0.156. The molecule has 1 N–H and O–H groups in total. The molecule has 0 saturated carbocycles. The summed E-state index contributed by atoms with van der Waals surface area (Å²) in [4.78, 5) is 5.75. The fourth-order valence-electron chi connectivity index (χ4n) is 2.08. The van der Waals surface area contributed by atoms with Gasteiger partial charge in [0.2, 0.25) is 0 Å². The van der Waals surface area contributed by atoms with Crippen molar-refractivity contribution in [2.45, 2.75) is 25.7 Å². The van der Waals surface area contributed by atoms with Gasteiger partial charge in [0.25, 0.3) is 0 Å². The molecule has 0 aromatic heterocycles. The number of rotatable bonds is 3. The average Bonchev–Trinajstić information content (AvgIpc) is 2.69. The third kappa shape index (κ3) is 2.93. The van der Waals surface area contributed by atoms with E-state index >= 15 is 0 Å². The standard InChI is InChI=1S/C10H20N2O/c1-2-8-12(7-1)13-9-10-3-5-11-6-4-10/h10-11H,1-9H2. The van der Waals surface area contributed by atoms with Gasteiger partial charge in [0, 0.05) is 13.1 Å². The molecule has 0 aromatic rings. The number of hydrogen-bond donors (Lipinski definition) is 1. The van der Waals surface area contributed by atoms with Crippen molar-refractivity contribution in [3.8, 4) is 0 Å². The Balaban J connectivity index is 1.60. The average molecular weight is 184 g/mol. The van der Waals surface area contributed by atoms with Crippen molar-refractivity contribution in [2.24, 2.45) is 5.92 Å². The molecule has 0 amide bonds. The van der Waals surface area contributed by atoms with Gasteiger partial charge >= 0.3 is 0 Å². The summed E-state index contributed by atoms with van der Waals surface area (Å²) in [5.41, 5.74) is 0. The normalized spacial score (nSPS) is 26.8. The molecule has 76 valence electrons. The van der Waals surface area contributed by atoms with Gasteiger partial charge in [0.15, 0.2) is 0 Å². The second-order valence-corrected chi connectivity index (χ2v) is 4.13. The smallest absolute Gasteiger partial charge is 0.0714 e. The van der Waals surface area contributed by atoms with Crippen molar-refractivity contribution >= 4 is 0 Å². The second-order valence-electron chi connectivity index (χ2n) is 4.13. The zero-order valence-corrected chi connectivity index (χ0v) is 8.30. The van der Waals surface area contributed by atoms with Crippen LogP contribution in [0.1, 0.15) is 25.7 Å². The van der Waals surface area contributed by atoms with Crippen molar-refractivity contribution in [1.29, 1.82) is 0 Å². The Bertz CT molecular complexity index is 140. The summed E-state index contributed by atoms with van der Waals surface area (Å²) in [6.07, 6.45) is 5.19. The molecule has 13 heavy (non-hydrogen) atoms. The molecular formula is C10H20N2O. The number of hydrogen-bond acceptors (Lipinski definition) is 3. The molecule has 2 heterocycles. The highest BCUT2D eigenvalue weighted by molar-refractivity contribution is 4.68. The third-order valence-corrected chi connectivity index (χ3v) is 3.02. The van der Waals surface area contributed by atoms with Gasteiger partial charge in [-0.25, -0.2) is 0 Å². The topological polar surface area (TPSA) is 24.5 Å². The first-order valence-electron chi connectivity index (χ1n) is 5.54. The van der Waals surface area contributed by atoms with Crippen LogP contribution in [0.15, 0.2) is 0 Å². The van der Waals surface area contributed by atoms with E-state index in [1.807, 2.05) is 0 Å². The number of hydroxylamine groups is 2. The molecule has 2 fully saturated rings. The molecule has 0 bridgehead atoms. The van der Waals surface area contributed by atoms with Gasteiger partial charge in [-0.05, 0) is 44.7 Å². The van der Waals surface area contributed by atoms with Crippen LogP contribution in [0.5, 0.6) is 0 Å². The van der Waals surface area contributed by atoms with E-state index in [9.17, 15) is 0 Å². The molecule has 3 nitrogen and oxygen atoms in total. The maximum atomic E-state index is 5.75. The van der Waals surface area contributed by atoms with E-state index in [1.54, 1.807) is 0 Å². The largest absolute Gasteiger partial charge is 0.317 e. The molecular weight excluding hydrogens is 164 g/mol. The second kappa shape index (κ2) is 4.94. The zero-order chi connectivity index (χ0) is 8.93. The number of piperidine rings is 1. The predicted octanol–water partition coefficient (Wildman–Crippen LogP) is 1.01. The van der Waals surface area contributed by atoms with E-state index in [0.29, 0.717) is 0 Å². The first kappa shape index (κ1) is 9.44. The minimum Gasteiger partial charge on any atom is -0.317 e. The lowest BCUT2D eigenvalue weighted by Crippen LogP contribution is -2.32. The molecule has 2 aliphatic heterocycles. The maximum absolute atomic E-state index is 5.75. The van der Waals surface area contributed by atoms with Crippen LogP contribution in [0.2, 0.25) is 0 Å². The number of nitrogens with one attached hydrogen (secondary N) is 1. The molecule has 0 unspecified atom stereocenters. The van der Waals surface area contributed by atoms with Crippen LogP contribution < -0.4 is 5.32 Å². The van der Waals surface area contributed by atoms with Crippen LogP contribution in [-0.2, 0) is 4.84 Å². The Morgan fingerprint density at radius 3 is 2.54 bits per heavy atom. The SMILES string of the molecule is C1CCN(OCC2CCNCC2)C1. The summed E-state index contributed by atoms with van der Waals surface area (Å²) >= 11 is 0. The van der Waals surface area contributed by atoms with Crippen LogP contribution in [0, 0.1) is 5.92 Å². The van der Waals surface area contributed by atoms with Crippen LogP contribution in [0.3, 0.4) is 0 Å². The van der Waals surface area contributed by atoms with E-state index < -0.39 is 0 Å².